The largest absolute Gasteiger partial charge is 0.456 e. The van der Waals surface area contributed by atoms with Gasteiger partial charge in [-0.25, -0.2) is 0 Å². The molecule has 6 aromatic rings. The zero-order chi connectivity index (χ0) is 24.7. The van der Waals surface area contributed by atoms with Gasteiger partial charge in [0.05, 0.1) is 22.1 Å². The Labute approximate surface area is 211 Å². The van der Waals surface area contributed by atoms with Gasteiger partial charge in [-0.15, -0.1) is 0 Å². The second-order valence-electron chi connectivity index (χ2n) is 11.7. The minimum absolute atomic E-state index is 0.0638. The van der Waals surface area contributed by atoms with Gasteiger partial charge in [0, 0.05) is 27.2 Å². The van der Waals surface area contributed by atoms with E-state index in [-0.39, 0.29) is 10.8 Å². The smallest absolute Gasteiger partial charge is 0.139 e. The fourth-order valence-corrected chi connectivity index (χ4v) is 5.39. The van der Waals surface area contributed by atoms with E-state index in [9.17, 15) is 0 Å². The van der Waals surface area contributed by atoms with Crippen molar-refractivity contribution < 1.29 is 4.42 Å². The summed E-state index contributed by atoms with van der Waals surface area (Å²) in [5.74, 6) is 0. The highest BCUT2D eigenvalue weighted by atomic mass is 35.5. The first kappa shape index (κ1) is 22.2. The van der Waals surface area contributed by atoms with Gasteiger partial charge in [-0.05, 0) is 58.4 Å². The summed E-state index contributed by atoms with van der Waals surface area (Å²) in [5, 5.41) is 5.38. The summed E-state index contributed by atoms with van der Waals surface area (Å²) in [6.45, 7) is 13.6. The average molecular weight is 480 g/mol. The van der Waals surface area contributed by atoms with Gasteiger partial charge in [0.15, 0.2) is 0 Å². The molecule has 2 nitrogen and oxygen atoms in total. The van der Waals surface area contributed by atoms with Gasteiger partial charge in [0.2, 0.25) is 0 Å². The summed E-state index contributed by atoms with van der Waals surface area (Å²) in [5.41, 5.74) is 7.86. The minimum Gasteiger partial charge on any atom is -0.456 e. The van der Waals surface area contributed by atoms with E-state index in [2.05, 4.69) is 101 Å². The summed E-state index contributed by atoms with van der Waals surface area (Å²) in [4.78, 5) is 0. The Bertz CT molecular complexity index is 1700. The van der Waals surface area contributed by atoms with Crippen LogP contribution in [0.2, 0.25) is 5.02 Å². The summed E-state index contributed by atoms with van der Waals surface area (Å²) >= 11 is 6.67. The summed E-state index contributed by atoms with van der Waals surface area (Å²) in [6, 6.07) is 26.0. The Kier molecular flexibility index (Phi) is 4.69. The molecule has 0 bridgehead atoms. The number of nitrogens with zero attached hydrogens (tertiary/aromatic N) is 1. The number of furan rings is 1. The number of para-hydroxylation sites is 1. The molecule has 2 heterocycles. The lowest BCUT2D eigenvalue weighted by Crippen LogP contribution is -2.10. The van der Waals surface area contributed by atoms with E-state index in [1.807, 2.05) is 18.2 Å². The molecule has 0 fully saturated rings. The number of aromatic nitrogens is 1. The first-order chi connectivity index (χ1) is 16.5. The van der Waals surface area contributed by atoms with Crippen molar-refractivity contribution in [2.24, 2.45) is 0 Å². The van der Waals surface area contributed by atoms with Crippen molar-refractivity contribution >= 4 is 55.3 Å². The summed E-state index contributed by atoms with van der Waals surface area (Å²) < 4.78 is 8.59. The van der Waals surface area contributed by atoms with Crippen molar-refractivity contribution in [1.29, 1.82) is 0 Å². The van der Waals surface area contributed by atoms with Gasteiger partial charge < -0.3 is 8.98 Å². The maximum Gasteiger partial charge on any atom is 0.139 e. The fraction of sp³-hybridized carbons (Fsp3) is 0.250. The third kappa shape index (κ3) is 3.46. The predicted molar refractivity (Wildman–Crippen MR) is 150 cm³/mol. The lowest BCUT2D eigenvalue weighted by molar-refractivity contribution is 0.590. The van der Waals surface area contributed by atoms with E-state index in [0.29, 0.717) is 5.02 Å². The van der Waals surface area contributed by atoms with Crippen LogP contribution in [-0.4, -0.2) is 4.57 Å². The molecule has 0 amide bonds. The average Bonchev–Trinajstić information content (AvgIpc) is 3.31. The SMILES string of the molecule is CC(C)(C)c1ccc2c(c1)c1cc(C(C)(C)C)ccc1n2-c1cc(Cl)cc2oc3ccccc3c12. The Morgan fingerprint density at radius 1 is 0.629 bits per heavy atom. The van der Waals surface area contributed by atoms with Crippen molar-refractivity contribution in [2.45, 2.75) is 52.4 Å². The molecule has 0 unspecified atom stereocenters. The van der Waals surface area contributed by atoms with Crippen LogP contribution in [0.4, 0.5) is 0 Å². The number of fused-ring (bicyclic) bond motifs is 6. The fourth-order valence-electron chi connectivity index (χ4n) is 5.19. The Balaban J connectivity index is 1.80. The van der Waals surface area contributed by atoms with E-state index in [1.54, 1.807) is 0 Å². The van der Waals surface area contributed by atoms with Crippen LogP contribution in [0, 0.1) is 0 Å². The highest BCUT2D eigenvalue weighted by Gasteiger charge is 2.22. The number of hydrogen-bond acceptors (Lipinski definition) is 1. The lowest BCUT2D eigenvalue weighted by atomic mass is 9.85. The first-order valence-corrected chi connectivity index (χ1v) is 12.6. The van der Waals surface area contributed by atoms with E-state index in [1.165, 1.54) is 32.9 Å². The molecule has 0 radical (unpaired) electrons. The highest BCUT2D eigenvalue weighted by Crippen LogP contribution is 2.42. The number of halogens is 1. The molecular weight excluding hydrogens is 450 g/mol. The first-order valence-electron chi connectivity index (χ1n) is 12.2. The Morgan fingerprint density at radius 2 is 1.20 bits per heavy atom. The third-order valence-corrected chi connectivity index (χ3v) is 7.38. The molecule has 2 aromatic heterocycles. The van der Waals surface area contributed by atoms with Gasteiger partial charge in [-0.1, -0.05) is 83.5 Å². The number of hydrogen-bond donors (Lipinski definition) is 0. The molecule has 0 spiro atoms. The maximum absolute atomic E-state index is 6.67. The normalized spacial score (nSPS) is 13.0. The molecule has 6 rings (SSSR count). The molecule has 0 aliphatic rings. The zero-order valence-electron chi connectivity index (χ0n) is 21.2. The van der Waals surface area contributed by atoms with E-state index < -0.39 is 0 Å². The Morgan fingerprint density at radius 3 is 1.77 bits per heavy atom. The third-order valence-electron chi connectivity index (χ3n) is 7.16. The molecule has 35 heavy (non-hydrogen) atoms. The molecule has 0 aliphatic heterocycles. The highest BCUT2D eigenvalue weighted by molar-refractivity contribution is 6.32. The van der Waals surface area contributed by atoms with Crippen LogP contribution in [-0.2, 0) is 10.8 Å². The molecule has 176 valence electrons. The van der Waals surface area contributed by atoms with Crippen molar-refractivity contribution in [3.63, 3.8) is 0 Å². The quantitative estimate of drug-likeness (QED) is 0.229. The van der Waals surface area contributed by atoms with Gasteiger partial charge in [0.25, 0.3) is 0 Å². The van der Waals surface area contributed by atoms with E-state index in [0.717, 1.165) is 27.6 Å². The molecule has 0 saturated heterocycles. The van der Waals surface area contributed by atoms with Crippen LogP contribution < -0.4 is 0 Å². The van der Waals surface area contributed by atoms with E-state index >= 15 is 0 Å². The van der Waals surface area contributed by atoms with Crippen LogP contribution >= 0.6 is 11.6 Å². The van der Waals surface area contributed by atoms with Gasteiger partial charge in [-0.2, -0.15) is 0 Å². The number of benzene rings is 4. The lowest BCUT2D eigenvalue weighted by Gasteiger charge is -2.19. The molecule has 3 heteroatoms. The second-order valence-corrected chi connectivity index (χ2v) is 12.1. The van der Waals surface area contributed by atoms with Crippen molar-refractivity contribution in [1.82, 2.24) is 4.57 Å². The second kappa shape index (κ2) is 7.38. The van der Waals surface area contributed by atoms with Crippen LogP contribution in [0.3, 0.4) is 0 Å². The van der Waals surface area contributed by atoms with Crippen LogP contribution in [0.1, 0.15) is 52.7 Å². The predicted octanol–water partition coefficient (Wildman–Crippen LogP) is 9.93. The van der Waals surface area contributed by atoms with Gasteiger partial charge in [0.1, 0.15) is 11.2 Å². The molecule has 4 aromatic carbocycles. The standard InChI is InChI=1S/C32H30ClNO/c1-31(2,3)19-11-13-25-23(15-19)24-16-20(32(4,5)6)12-14-26(24)34(25)27-17-21(33)18-29-30(27)22-9-7-8-10-28(22)35-29/h7-18H,1-6H3. The van der Waals surface area contributed by atoms with E-state index in [4.69, 9.17) is 16.0 Å². The molecule has 0 saturated carbocycles. The van der Waals surface area contributed by atoms with Crippen molar-refractivity contribution in [2.75, 3.05) is 0 Å². The maximum atomic E-state index is 6.67. The summed E-state index contributed by atoms with van der Waals surface area (Å²) in [7, 11) is 0. The molecule has 0 aliphatic carbocycles. The van der Waals surface area contributed by atoms with Crippen LogP contribution in [0.5, 0.6) is 0 Å². The molecular formula is C32H30ClNO. The molecule has 0 N–H and O–H groups in total. The van der Waals surface area contributed by atoms with Crippen LogP contribution in [0.25, 0.3) is 49.4 Å². The number of rotatable bonds is 1. The molecule has 0 atom stereocenters. The van der Waals surface area contributed by atoms with Crippen molar-refractivity contribution in [3.05, 3.63) is 88.9 Å². The summed E-state index contributed by atoms with van der Waals surface area (Å²) in [6.07, 6.45) is 0. The zero-order valence-corrected chi connectivity index (χ0v) is 21.9. The van der Waals surface area contributed by atoms with Gasteiger partial charge >= 0.3 is 0 Å². The van der Waals surface area contributed by atoms with Crippen molar-refractivity contribution in [3.8, 4) is 5.69 Å². The van der Waals surface area contributed by atoms with Crippen LogP contribution in [0.15, 0.2) is 77.2 Å². The monoisotopic (exact) mass is 479 g/mol. The topological polar surface area (TPSA) is 18.1 Å². The minimum atomic E-state index is 0.0638. The Hall–Kier alpha value is -3.23. The van der Waals surface area contributed by atoms with Gasteiger partial charge in [-0.3, -0.25) is 0 Å².